The van der Waals surface area contributed by atoms with Crippen LogP contribution in [0.15, 0.2) is 42.6 Å². The Kier molecular flexibility index (Phi) is 5.12. The maximum absolute atomic E-state index is 5.96. The molecule has 114 valence electrons. The molecule has 2 aromatic rings. The van der Waals surface area contributed by atoms with Gasteiger partial charge in [-0.25, -0.2) is 10.1 Å². The van der Waals surface area contributed by atoms with Gasteiger partial charge in [0.2, 0.25) is 0 Å². The van der Waals surface area contributed by atoms with Crippen LogP contribution in [0.4, 0.5) is 0 Å². The highest BCUT2D eigenvalue weighted by molar-refractivity contribution is 5.33. The molecule has 2 rings (SSSR count). The summed E-state index contributed by atoms with van der Waals surface area (Å²) in [7, 11) is 0. The molecule has 0 amide bonds. The van der Waals surface area contributed by atoms with Crippen molar-refractivity contribution in [2.24, 2.45) is 5.84 Å². The number of ether oxygens (including phenoxy) is 1. The summed E-state index contributed by atoms with van der Waals surface area (Å²) in [5.41, 5.74) is 4.51. The third-order valence-electron chi connectivity index (χ3n) is 3.92. The van der Waals surface area contributed by atoms with Gasteiger partial charge in [0.1, 0.15) is 0 Å². The first-order chi connectivity index (χ1) is 10.2. The number of nitrogens with two attached hydrogens (primary N) is 1. The Balaban J connectivity index is 2.43. The van der Waals surface area contributed by atoms with Gasteiger partial charge in [-0.1, -0.05) is 25.1 Å². The standard InChI is InChI=1S/C16H24N4O/c1-4-16(3,21-5-2)15(19-17)14-11-12-18-20(14)13-9-7-6-8-10-13/h6-12,15,19H,4-5,17H2,1-3H3. The lowest BCUT2D eigenvalue weighted by atomic mass is 9.91. The summed E-state index contributed by atoms with van der Waals surface area (Å²) in [4.78, 5) is 0. The maximum Gasteiger partial charge on any atom is 0.0920 e. The van der Waals surface area contributed by atoms with Crippen molar-refractivity contribution in [3.8, 4) is 5.69 Å². The second-order valence-corrected chi connectivity index (χ2v) is 5.20. The summed E-state index contributed by atoms with van der Waals surface area (Å²) in [5.74, 6) is 5.83. The van der Waals surface area contributed by atoms with Crippen LogP contribution in [-0.2, 0) is 4.74 Å². The van der Waals surface area contributed by atoms with E-state index in [-0.39, 0.29) is 6.04 Å². The lowest BCUT2D eigenvalue weighted by molar-refractivity contribution is -0.0578. The molecule has 5 nitrogen and oxygen atoms in total. The highest BCUT2D eigenvalue weighted by Crippen LogP contribution is 2.32. The molecule has 1 aromatic heterocycles. The van der Waals surface area contributed by atoms with E-state index < -0.39 is 5.60 Å². The number of nitrogens with zero attached hydrogens (tertiary/aromatic N) is 2. The fourth-order valence-electron chi connectivity index (χ4n) is 2.61. The van der Waals surface area contributed by atoms with Gasteiger partial charge in [-0.05, 0) is 38.5 Å². The van der Waals surface area contributed by atoms with Crippen molar-refractivity contribution >= 4 is 0 Å². The summed E-state index contributed by atoms with van der Waals surface area (Å²) in [6, 6.07) is 11.8. The second kappa shape index (κ2) is 6.85. The minimum Gasteiger partial charge on any atom is -0.373 e. The van der Waals surface area contributed by atoms with E-state index in [9.17, 15) is 0 Å². The number of hydrogen-bond donors (Lipinski definition) is 2. The van der Waals surface area contributed by atoms with Crippen molar-refractivity contribution in [3.05, 3.63) is 48.3 Å². The molecule has 0 radical (unpaired) electrons. The van der Waals surface area contributed by atoms with Crippen LogP contribution in [0.3, 0.4) is 0 Å². The first-order valence-corrected chi connectivity index (χ1v) is 7.35. The van der Waals surface area contributed by atoms with Gasteiger partial charge in [-0.15, -0.1) is 0 Å². The van der Waals surface area contributed by atoms with E-state index in [4.69, 9.17) is 10.6 Å². The van der Waals surface area contributed by atoms with E-state index in [1.807, 2.05) is 48.0 Å². The fourth-order valence-corrected chi connectivity index (χ4v) is 2.61. The van der Waals surface area contributed by atoms with Gasteiger partial charge < -0.3 is 4.74 Å². The molecule has 1 aromatic carbocycles. The van der Waals surface area contributed by atoms with Gasteiger partial charge in [-0.3, -0.25) is 5.84 Å². The maximum atomic E-state index is 5.96. The Bertz CT molecular complexity index is 554. The van der Waals surface area contributed by atoms with Crippen molar-refractivity contribution in [2.45, 2.75) is 38.8 Å². The Morgan fingerprint density at radius 1 is 1.29 bits per heavy atom. The number of aromatic nitrogens is 2. The number of hydrazine groups is 1. The van der Waals surface area contributed by atoms with Gasteiger partial charge in [0.15, 0.2) is 0 Å². The van der Waals surface area contributed by atoms with Crippen molar-refractivity contribution in [3.63, 3.8) is 0 Å². The summed E-state index contributed by atoms with van der Waals surface area (Å²) in [6.45, 7) is 6.81. The van der Waals surface area contributed by atoms with Crippen LogP contribution in [0.25, 0.3) is 5.69 Å². The molecule has 0 saturated carbocycles. The van der Waals surface area contributed by atoms with Crippen LogP contribution < -0.4 is 11.3 Å². The third-order valence-corrected chi connectivity index (χ3v) is 3.92. The van der Waals surface area contributed by atoms with Crippen LogP contribution in [0.2, 0.25) is 0 Å². The molecular formula is C16H24N4O. The zero-order chi connectivity index (χ0) is 15.3. The Labute approximate surface area is 126 Å². The highest BCUT2D eigenvalue weighted by Gasteiger charge is 2.36. The third kappa shape index (κ3) is 3.15. The number of nitrogens with one attached hydrogen (secondary N) is 1. The van der Waals surface area contributed by atoms with Crippen molar-refractivity contribution < 1.29 is 4.74 Å². The van der Waals surface area contributed by atoms with Gasteiger partial charge in [0, 0.05) is 12.8 Å². The average molecular weight is 288 g/mol. The number of para-hydroxylation sites is 1. The van der Waals surface area contributed by atoms with Crippen molar-refractivity contribution in [2.75, 3.05) is 6.61 Å². The topological polar surface area (TPSA) is 65.1 Å². The zero-order valence-electron chi connectivity index (χ0n) is 12.9. The van der Waals surface area contributed by atoms with E-state index in [0.29, 0.717) is 6.61 Å². The van der Waals surface area contributed by atoms with E-state index in [1.165, 1.54) is 0 Å². The molecule has 0 aliphatic heterocycles. The summed E-state index contributed by atoms with van der Waals surface area (Å²) in [6.07, 6.45) is 2.63. The molecule has 2 atom stereocenters. The summed E-state index contributed by atoms with van der Waals surface area (Å²) < 4.78 is 7.86. The highest BCUT2D eigenvalue weighted by atomic mass is 16.5. The van der Waals surface area contributed by atoms with E-state index in [2.05, 4.69) is 24.4 Å². The SMILES string of the molecule is CCOC(C)(CC)C(NN)c1ccnn1-c1ccccc1. The van der Waals surface area contributed by atoms with Crippen LogP contribution in [0.5, 0.6) is 0 Å². The molecule has 0 aliphatic carbocycles. The van der Waals surface area contributed by atoms with Gasteiger partial charge in [-0.2, -0.15) is 5.10 Å². The molecule has 0 fully saturated rings. The molecule has 0 aliphatic rings. The average Bonchev–Trinajstić information content (AvgIpc) is 2.98. The van der Waals surface area contributed by atoms with Crippen LogP contribution >= 0.6 is 0 Å². The van der Waals surface area contributed by atoms with E-state index in [0.717, 1.165) is 17.8 Å². The van der Waals surface area contributed by atoms with Gasteiger partial charge in [0.05, 0.1) is 23.0 Å². The monoisotopic (exact) mass is 288 g/mol. The quantitative estimate of drug-likeness (QED) is 0.607. The number of rotatable bonds is 7. The first kappa shape index (κ1) is 15.7. The predicted octanol–water partition coefficient (Wildman–Crippen LogP) is 2.58. The summed E-state index contributed by atoms with van der Waals surface area (Å²) in [5, 5.41) is 4.43. The first-order valence-electron chi connectivity index (χ1n) is 7.35. The molecule has 21 heavy (non-hydrogen) atoms. The molecule has 0 saturated heterocycles. The minimum atomic E-state index is -0.393. The normalized spacial score (nSPS) is 15.6. The lowest BCUT2D eigenvalue weighted by Gasteiger charge is -2.36. The number of benzene rings is 1. The molecule has 5 heteroatoms. The van der Waals surface area contributed by atoms with Crippen molar-refractivity contribution in [1.82, 2.24) is 15.2 Å². The molecule has 2 unspecified atom stereocenters. The molecule has 3 N–H and O–H groups in total. The van der Waals surface area contributed by atoms with Crippen LogP contribution in [0, 0.1) is 0 Å². The Hall–Kier alpha value is -1.69. The smallest absolute Gasteiger partial charge is 0.0920 e. The minimum absolute atomic E-state index is 0.148. The van der Waals surface area contributed by atoms with Gasteiger partial charge >= 0.3 is 0 Å². The predicted molar refractivity (Wildman–Crippen MR) is 84.0 cm³/mol. The molecule has 1 heterocycles. The summed E-state index contributed by atoms with van der Waals surface area (Å²) >= 11 is 0. The van der Waals surface area contributed by atoms with E-state index in [1.54, 1.807) is 6.20 Å². The molecule has 0 bridgehead atoms. The van der Waals surface area contributed by atoms with Crippen LogP contribution in [0.1, 0.15) is 38.9 Å². The second-order valence-electron chi connectivity index (χ2n) is 5.20. The zero-order valence-corrected chi connectivity index (χ0v) is 12.9. The van der Waals surface area contributed by atoms with Crippen LogP contribution in [-0.4, -0.2) is 22.0 Å². The van der Waals surface area contributed by atoms with Gasteiger partial charge in [0.25, 0.3) is 0 Å². The largest absolute Gasteiger partial charge is 0.373 e. The molecule has 0 spiro atoms. The molecular weight excluding hydrogens is 264 g/mol. The lowest BCUT2D eigenvalue weighted by Crippen LogP contribution is -2.47. The van der Waals surface area contributed by atoms with Crippen molar-refractivity contribution in [1.29, 1.82) is 0 Å². The fraction of sp³-hybridized carbons (Fsp3) is 0.438. The van der Waals surface area contributed by atoms with E-state index >= 15 is 0 Å². The number of hydrogen-bond acceptors (Lipinski definition) is 4. The Morgan fingerprint density at radius 2 is 2.00 bits per heavy atom. The Morgan fingerprint density at radius 3 is 2.57 bits per heavy atom.